The Morgan fingerprint density at radius 2 is 1.72 bits per heavy atom. The van der Waals surface area contributed by atoms with E-state index in [-0.39, 0.29) is 17.2 Å². The van der Waals surface area contributed by atoms with Crippen LogP contribution >= 0.6 is 47.0 Å². The van der Waals surface area contributed by atoms with Gasteiger partial charge in [0.2, 0.25) is 9.70 Å². The third-order valence-electron chi connectivity index (χ3n) is 4.06. The van der Waals surface area contributed by atoms with Crippen LogP contribution in [-0.2, 0) is 11.2 Å². The predicted octanol–water partition coefficient (Wildman–Crippen LogP) is 3.95. The van der Waals surface area contributed by atoms with Gasteiger partial charge in [-0.2, -0.15) is 0 Å². The third-order valence-corrected chi connectivity index (χ3v) is 4.93. The Hall–Kier alpha value is -2.53. The Morgan fingerprint density at radius 1 is 1.09 bits per heavy atom. The summed E-state index contributed by atoms with van der Waals surface area (Å²) in [5, 5.41) is 18.9. The fourth-order valence-corrected chi connectivity index (χ4v) is 3.12. The maximum absolute atomic E-state index is 12.5. The first-order chi connectivity index (χ1) is 15.0. The maximum atomic E-state index is 12.5. The summed E-state index contributed by atoms with van der Waals surface area (Å²) in [5.41, 5.74) is 1.04. The van der Waals surface area contributed by atoms with Crippen LogP contribution in [0, 0.1) is 10.1 Å². The summed E-state index contributed by atoms with van der Waals surface area (Å²) in [6.07, 6.45) is -1.19. The van der Waals surface area contributed by atoms with Crippen molar-refractivity contribution in [2.24, 2.45) is 0 Å². The molecule has 0 aliphatic rings. The van der Waals surface area contributed by atoms with Gasteiger partial charge < -0.3 is 25.4 Å². The van der Waals surface area contributed by atoms with E-state index in [9.17, 15) is 14.9 Å². The molecule has 32 heavy (non-hydrogen) atoms. The number of amides is 1. The molecule has 2 aromatic rings. The van der Waals surface area contributed by atoms with Crippen LogP contribution < -0.4 is 25.4 Å². The SMILES string of the molecule is COc1ccc(CC(=O)NC(NC(=S)Nc2ccc([N+](=O)[O-])cc2)C(Cl)(Cl)Cl)cc1OC. The molecule has 0 heterocycles. The summed E-state index contributed by atoms with van der Waals surface area (Å²) in [7, 11) is 3.00. The molecule has 172 valence electrons. The quantitative estimate of drug-likeness (QED) is 0.157. The zero-order valence-corrected chi connectivity index (χ0v) is 19.9. The molecule has 0 aromatic heterocycles. The molecule has 0 radical (unpaired) electrons. The molecule has 3 N–H and O–H groups in total. The Morgan fingerprint density at radius 3 is 2.25 bits per heavy atom. The highest BCUT2D eigenvalue weighted by atomic mass is 35.6. The highest BCUT2D eigenvalue weighted by Crippen LogP contribution is 2.30. The standard InChI is InChI=1S/C19H19Cl3N4O5S/c1-30-14-8-3-11(9-15(14)31-2)10-16(27)24-17(19(20,21)22)25-18(32)23-12-4-6-13(7-5-12)26(28)29/h3-9,17H,10H2,1-2H3,(H,24,27)(H2,23,25,32). The van der Waals surface area contributed by atoms with Gasteiger partial charge >= 0.3 is 0 Å². The van der Waals surface area contributed by atoms with Gasteiger partial charge in [0.05, 0.1) is 25.6 Å². The van der Waals surface area contributed by atoms with Gasteiger partial charge in [0.1, 0.15) is 6.17 Å². The number of benzene rings is 2. The van der Waals surface area contributed by atoms with E-state index in [1.807, 2.05) is 0 Å². The lowest BCUT2D eigenvalue weighted by molar-refractivity contribution is -0.384. The summed E-state index contributed by atoms with van der Waals surface area (Å²) in [5.74, 6) is 0.557. The van der Waals surface area contributed by atoms with Crippen LogP contribution in [0.3, 0.4) is 0 Å². The van der Waals surface area contributed by atoms with Gasteiger partial charge in [0.25, 0.3) is 5.69 Å². The summed E-state index contributed by atoms with van der Waals surface area (Å²) in [6.45, 7) is 0. The molecule has 1 unspecified atom stereocenters. The lowest BCUT2D eigenvalue weighted by Gasteiger charge is -2.27. The number of carbonyl (C=O) groups excluding carboxylic acids is 1. The molecule has 1 atom stereocenters. The van der Waals surface area contributed by atoms with Crippen molar-refractivity contribution in [3.05, 3.63) is 58.1 Å². The van der Waals surface area contributed by atoms with Crippen molar-refractivity contribution in [2.75, 3.05) is 19.5 Å². The molecule has 1 amide bonds. The van der Waals surface area contributed by atoms with E-state index >= 15 is 0 Å². The number of rotatable bonds is 8. The Kier molecular flexibility index (Phi) is 9.14. The van der Waals surface area contributed by atoms with Crippen LogP contribution in [0.5, 0.6) is 11.5 Å². The van der Waals surface area contributed by atoms with Crippen molar-refractivity contribution in [3.63, 3.8) is 0 Å². The molecule has 9 nitrogen and oxygen atoms in total. The molecule has 0 saturated carbocycles. The summed E-state index contributed by atoms with van der Waals surface area (Å²) in [4.78, 5) is 22.8. The Labute approximate surface area is 204 Å². The summed E-state index contributed by atoms with van der Waals surface area (Å²) < 4.78 is 8.47. The number of anilines is 1. The van der Waals surface area contributed by atoms with Crippen LogP contribution in [0.25, 0.3) is 0 Å². The monoisotopic (exact) mass is 520 g/mol. The van der Waals surface area contributed by atoms with Crippen molar-refractivity contribution in [3.8, 4) is 11.5 Å². The van der Waals surface area contributed by atoms with E-state index in [0.29, 0.717) is 22.7 Å². The largest absolute Gasteiger partial charge is 0.493 e. The molecule has 0 fully saturated rings. The number of nitrogens with zero attached hydrogens (tertiary/aromatic N) is 1. The van der Waals surface area contributed by atoms with Gasteiger partial charge in [0.15, 0.2) is 16.6 Å². The van der Waals surface area contributed by atoms with Crippen LogP contribution in [-0.4, -0.2) is 40.1 Å². The Balaban J connectivity index is 2.02. The van der Waals surface area contributed by atoms with Crippen molar-refractivity contribution in [1.82, 2.24) is 10.6 Å². The van der Waals surface area contributed by atoms with Gasteiger partial charge in [-0.3, -0.25) is 14.9 Å². The average molecular weight is 522 g/mol. The predicted molar refractivity (Wildman–Crippen MR) is 128 cm³/mol. The molecular weight excluding hydrogens is 503 g/mol. The minimum atomic E-state index is -1.94. The lowest BCUT2D eigenvalue weighted by Crippen LogP contribution is -2.56. The van der Waals surface area contributed by atoms with E-state index in [0.717, 1.165) is 0 Å². The molecular formula is C19H19Cl3N4O5S. The number of nitrogens with one attached hydrogen (secondary N) is 3. The van der Waals surface area contributed by atoms with Crippen LogP contribution in [0.15, 0.2) is 42.5 Å². The highest BCUT2D eigenvalue weighted by Gasteiger charge is 2.34. The number of thiocarbonyl (C=S) groups is 1. The highest BCUT2D eigenvalue weighted by molar-refractivity contribution is 7.80. The number of halogens is 3. The van der Waals surface area contributed by atoms with Crippen molar-refractivity contribution < 1.29 is 19.2 Å². The van der Waals surface area contributed by atoms with Gasteiger partial charge in [-0.25, -0.2) is 0 Å². The zero-order chi connectivity index (χ0) is 23.9. The summed E-state index contributed by atoms with van der Waals surface area (Å²) in [6, 6.07) is 10.6. The molecule has 2 aromatic carbocycles. The number of alkyl halides is 3. The van der Waals surface area contributed by atoms with E-state index in [1.165, 1.54) is 38.5 Å². The first-order valence-corrected chi connectivity index (χ1v) is 10.5. The number of nitro groups is 1. The minimum absolute atomic E-state index is 0.0260. The zero-order valence-electron chi connectivity index (χ0n) is 16.9. The third kappa shape index (κ3) is 7.56. The molecule has 0 aliphatic carbocycles. The first-order valence-electron chi connectivity index (χ1n) is 8.92. The van der Waals surface area contributed by atoms with Crippen LogP contribution in [0.4, 0.5) is 11.4 Å². The maximum Gasteiger partial charge on any atom is 0.269 e. The lowest BCUT2D eigenvalue weighted by atomic mass is 10.1. The number of nitro benzene ring substituents is 1. The average Bonchev–Trinajstić information content (AvgIpc) is 2.72. The number of hydrogen-bond donors (Lipinski definition) is 3. The molecule has 0 saturated heterocycles. The Bertz CT molecular complexity index is 986. The smallest absolute Gasteiger partial charge is 0.269 e. The summed E-state index contributed by atoms with van der Waals surface area (Å²) >= 11 is 23.2. The van der Waals surface area contributed by atoms with Crippen LogP contribution in [0.2, 0.25) is 0 Å². The van der Waals surface area contributed by atoms with E-state index in [4.69, 9.17) is 56.5 Å². The normalized spacial score (nSPS) is 11.8. The minimum Gasteiger partial charge on any atom is -0.493 e. The van der Waals surface area contributed by atoms with Crippen molar-refractivity contribution in [1.29, 1.82) is 0 Å². The fourth-order valence-electron chi connectivity index (χ4n) is 2.55. The number of carbonyl (C=O) groups is 1. The molecule has 0 aliphatic heterocycles. The number of non-ortho nitro benzene ring substituents is 1. The molecule has 0 bridgehead atoms. The van der Waals surface area contributed by atoms with E-state index in [2.05, 4.69) is 16.0 Å². The van der Waals surface area contributed by atoms with Gasteiger partial charge in [-0.1, -0.05) is 40.9 Å². The van der Waals surface area contributed by atoms with Crippen molar-refractivity contribution >= 4 is 69.4 Å². The number of methoxy groups -OCH3 is 2. The van der Waals surface area contributed by atoms with Gasteiger partial charge in [-0.15, -0.1) is 0 Å². The molecule has 2 rings (SSSR count). The van der Waals surface area contributed by atoms with E-state index in [1.54, 1.807) is 18.2 Å². The molecule has 13 heteroatoms. The number of ether oxygens (including phenoxy) is 2. The topological polar surface area (TPSA) is 115 Å². The second-order valence-corrected chi connectivity index (χ2v) is 9.09. The second-order valence-electron chi connectivity index (χ2n) is 6.31. The molecule has 0 spiro atoms. The van der Waals surface area contributed by atoms with E-state index < -0.39 is 20.8 Å². The second kappa shape index (κ2) is 11.4. The number of hydrogen-bond acceptors (Lipinski definition) is 6. The fraction of sp³-hybridized carbons (Fsp3) is 0.263. The first kappa shape index (κ1) is 25.7. The van der Waals surface area contributed by atoms with Crippen molar-refractivity contribution in [2.45, 2.75) is 16.4 Å². The van der Waals surface area contributed by atoms with Crippen LogP contribution in [0.1, 0.15) is 5.56 Å². The van der Waals surface area contributed by atoms with Gasteiger partial charge in [0, 0.05) is 17.8 Å². The van der Waals surface area contributed by atoms with Gasteiger partial charge in [-0.05, 0) is 42.0 Å².